The molecule has 1 aromatic carbocycles. The molecule has 3 atom stereocenters. The van der Waals surface area contributed by atoms with Gasteiger partial charge in [0.05, 0.1) is 18.2 Å². The number of amides is 3. The van der Waals surface area contributed by atoms with Crippen molar-refractivity contribution in [2.45, 2.75) is 56.9 Å². The maximum Gasteiger partial charge on any atom is 0.320 e. The number of carbonyl (C=O) groups is 3. The zero-order valence-electron chi connectivity index (χ0n) is 22.4. The van der Waals surface area contributed by atoms with Gasteiger partial charge in [0.2, 0.25) is 0 Å². The number of aromatic nitrogens is 2. The minimum Gasteiger partial charge on any atom is -0.481 e. The molecule has 39 heavy (non-hydrogen) atoms. The first-order valence-electron chi connectivity index (χ1n) is 13.8. The molecule has 1 unspecified atom stereocenters. The van der Waals surface area contributed by atoms with E-state index in [-0.39, 0.29) is 23.7 Å². The Kier molecular flexibility index (Phi) is 7.85. The molecule has 1 aromatic heterocycles. The van der Waals surface area contributed by atoms with Crippen molar-refractivity contribution in [2.24, 2.45) is 11.7 Å². The van der Waals surface area contributed by atoms with E-state index < -0.39 is 11.9 Å². The zero-order valence-corrected chi connectivity index (χ0v) is 22.4. The van der Waals surface area contributed by atoms with Gasteiger partial charge >= 0.3 is 12.0 Å². The highest BCUT2D eigenvalue weighted by Gasteiger charge is 2.34. The monoisotopic (exact) mass is 535 g/mol. The average Bonchev–Trinajstić information content (AvgIpc) is 3.12. The molecule has 3 heterocycles. The Bertz CT molecular complexity index is 1220. The Morgan fingerprint density at radius 2 is 1.82 bits per heavy atom. The maximum absolute atomic E-state index is 12.5. The van der Waals surface area contributed by atoms with Crippen LogP contribution in [-0.2, 0) is 4.79 Å². The largest absolute Gasteiger partial charge is 0.481 e. The number of nitrogens with one attached hydrogen (secondary N) is 1. The van der Waals surface area contributed by atoms with Gasteiger partial charge in [-0.3, -0.25) is 9.59 Å². The van der Waals surface area contributed by atoms with E-state index in [1.54, 1.807) is 11.1 Å². The molecule has 11 nitrogen and oxygen atoms in total. The average molecular weight is 536 g/mol. The second-order valence-corrected chi connectivity index (χ2v) is 10.9. The van der Waals surface area contributed by atoms with Crippen LogP contribution in [0, 0.1) is 5.92 Å². The van der Waals surface area contributed by atoms with Crippen LogP contribution in [0.1, 0.15) is 66.9 Å². The molecule has 1 saturated carbocycles. The molecule has 3 amide bonds. The van der Waals surface area contributed by atoms with Gasteiger partial charge in [0.15, 0.2) is 11.5 Å². The third kappa shape index (κ3) is 5.91. The number of piperidine rings is 1. The lowest BCUT2D eigenvalue weighted by Gasteiger charge is -2.37. The molecule has 3 aliphatic rings. The molecule has 0 radical (unpaired) electrons. The van der Waals surface area contributed by atoms with Gasteiger partial charge in [0, 0.05) is 38.9 Å². The Morgan fingerprint density at radius 1 is 1.03 bits per heavy atom. The highest BCUT2D eigenvalue weighted by molar-refractivity contribution is 5.96. The van der Waals surface area contributed by atoms with Gasteiger partial charge in [-0.15, -0.1) is 0 Å². The lowest BCUT2D eigenvalue weighted by molar-refractivity contribution is -0.142. The summed E-state index contributed by atoms with van der Waals surface area (Å²) in [5.74, 6) is -0.341. The standard InChI is InChI=1S/C28H37N7O4/c1-33-14-15-35(28(33)39)22-6-3-13-34(17-22)23-16-30-24(25(29)36)26(32-23)31-21-11-9-19(10-12-21)18-4-2-5-20(8-7-18)27(37)38/h9-12,16,18,20,22H,2-8,13-15,17H2,1H3,(H2,29,36)(H,31,32)(H,37,38)/t18?,20-,22-/m1/s1. The van der Waals surface area contributed by atoms with Crippen molar-refractivity contribution in [1.29, 1.82) is 0 Å². The summed E-state index contributed by atoms with van der Waals surface area (Å²) in [4.78, 5) is 50.9. The van der Waals surface area contributed by atoms with E-state index >= 15 is 0 Å². The first-order valence-corrected chi connectivity index (χ1v) is 13.8. The van der Waals surface area contributed by atoms with Crippen LogP contribution in [0.4, 0.5) is 22.1 Å². The van der Waals surface area contributed by atoms with Crippen LogP contribution in [-0.4, -0.2) is 82.1 Å². The molecule has 5 rings (SSSR count). The van der Waals surface area contributed by atoms with Crippen LogP contribution in [0.5, 0.6) is 0 Å². The zero-order chi connectivity index (χ0) is 27.5. The molecule has 0 bridgehead atoms. The number of carboxylic acids is 1. The number of hydrogen-bond acceptors (Lipinski definition) is 7. The van der Waals surface area contributed by atoms with E-state index in [1.165, 1.54) is 5.56 Å². The van der Waals surface area contributed by atoms with Crippen molar-refractivity contribution >= 4 is 35.2 Å². The summed E-state index contributed by atoms with van der Waals surface area (Å²) in [6.45, 7) is 2.91. The number of rotatable bonds is 7. The number of anilines is 3. The van der Waals surface area contributed by atoms with Crippen molar-refractivity contribution in [2.75, 3.05) is 43.4 Å². The number of nitrogens with two attached hydrogens (primary N) is 1. The normalized spacial score (nSPS) is 24.0. The van der Waals surface area contributed by atoms with E-state index in [9.17, 15) is 19.5 Å². The molecule has 2 saturated heterocycles. The lowest BCUT2D eigenvalue weighted by atomic mass is 9.91. The molecular weight excluding hydrogens is 498 g/mol. The van der Waals surface area contributed by atoms with E-state index in [2.05, 4.69) is 27.3 Å². The van der Waals surface area contributed by atoms with Crippen LogP contribution in [0.15, 0.2) is 30.5 Å². The van der Waals surface area contributed by atoms with Crippen molar-refractivity contribution in [3.8, 4) is 0 Å². The fraction of sp³-hybridized carbons (Fsp3) is 0.536. The van der Waals surface area contributed by atoms with E-state index in [0.29, 0.717) is 30.5 Å². The highest BCUT2D eigenvalue weighted by atomic mass is 16.4. The fourth-order valence-corrected chi connectivity index (χ4v) is 6.08. The van der Waals surface area contributed by atoms with Gasteiger partial charge in [-0.2, -0.15) is 0 Å². The molecule has 1 aliphatic carbocycles. The SMILES string of the molecule is CN1CCN([C@@H]2CCCN(c3cnc(C(N)=O)c(Nc4ccc(C5CCC[C@@H](C(=O)O)CC5)cc4)n3)C2)C1=O. The number of hydrogen-bond donors (Lipinski definition) is 3. The van der Waals surface area contributed by atoms with E-state index in [4.69, 9.17) is 10.7 Å². The van der Waals surface area contributed by atoms with Crippen molar-refractivity contribution in [3.05, 3.63) is 41.7 Å². The number of urea groups is 1. The van der Waals surface area contributed by atoms with Crippen molar-refractivity contribution in [1.82, 2.24) is 19.8 Å². The molecule has 4 N–H and O–H groups in total. The number of likely N-dealkylation sites (N-methyl/N-ethyl adjacent to an activating group) is 1. The smallest absolute Gasteiger partial charge is 0.320 e. The predicted molar refractivity (Wildman–Crippen MR) is 147 cm³/mol. The Morgan fingerprint density at radius 3 is 2.51 bits per heavy atom. The molecule has 0 spiro atoms. The van der Waals surface area contributed by atoms with Crippen LogP contribution in [0.3, 0.4) is 0 Å². The third-order valence-corrected chi connectivity index (χ3v) is 8.37. The van der Waals surface area contributed by atoms with Gasteiger partial charge in [0.1, 0.15) is 5.82 Å². The lowest BCUT2D eigenvalue weighted by Crippen LogP contribution is -2.49. The Balaban J connectivity index is 1.30. The minimum atomic E-state index is -0.694. The maximum atomic E-state index is 12.5. The van der Waals surface area contributed by atoms with Crippen LogP contribution in [0.25, 0.3) is 0 Å². The molecule has 2 aromatic rings. The van der Waals surface area contributed by atoms with Crippen LogP contribution < -0.4 is 16.0 Å². The summed E-state index contributed by atoms with van der Waals surface area (Å²) in [5.41, 5.74) is 7.62. The highest BCUT2D eigenvalue weighted by Crippen LogP contribution is 2.35. The number of aliphatic carboxylic acids is 1. The summed E-state index contributed by atoms with van der Waals surface area (Å²) < 4.78 is 0. The second kappa shape index (κ2) is 11.5. The van der Waals surface area contributed by atoms with Gasteiger partial charge in [-0.25, -0.2) is 14.8 Å². The summed E-state index contributed by atoms with van der Waals surface area (Å²) in [7, 11) is 1.83. The van der Waals surface area contributed by atoms with E-state index in [1.807, 2.05) is 24.1 Å². The molecule has 3 fully saturated rings. The number of carbonyl (C=O) groups excluding carboxylic acids is 2. The molecule has 208 valence electrons. The first-order chi connectivity index (χ1) is 18.8. The van der Waals surface area contributed by atoms with E-state index in [0.717, 1.165) is 63.8 Å². The quantitative estimate of drug-likeness (QED) is 0.458. The molecule has 2 aliphatic heterocycles. The van der Waals surface area contributed by atoms with Gasteiger partial charge in [-0.05, 0) is 62.1 Å². The molecular formula is C28H37N7O4. The van der Waals surface area contributed by atoms with Gasteiger partial charge < -0.3 is 30.9 Å². The topological polar surface area (TPSA) is 145 Å². The van der Waals surface area contributed by atoms with Gasteiger partial charge in [0.25, 0.3) is 5.91 Å². The van der Waals surface area contributed by atoms with Crippen molar-refractivity contribution < 1.29 is 19.5 Å². The van der Waals surface area contributed by atoms with Crippen LogP contribution in [0.2, 0.25) is 0 Å². The number of carboxylic acid groups (broad SMARTS) is 1. The predicted octanol–water partition coefficient (Wildman–Crippen LogP) is 3.40. The fourth-order valence-electron chi connectivity index (χ4n) is 6.08. The minimum absolute atomic E-state index is 0.0633. The molecule has 11 heteroatoms. The summed E-state index contributed by atoms with van der Waals surface area (Å²) in [6, 6.07) is 8.16. The number of primary amides is 1. The Hall–Kier alpha value is -3.89. The third-order valence-electron chi connectivity index (χ3n) is 8.37. The van der Waals surface area contributed by atoms with Crippen molar-refractivity contribution in [3.63, 3.8) is 0 Å². The number of benzene rings is 1. The van der Waals surface area contributed by atoms with Crippen LogP contribution >= 0.6 is 0 Å². The first kappa shape index (κ1) is 26.7. The summed E-state index contributed by atoms with van der Waals surface area (Å²) in [5, 5.41) is 12.6. The second-order valence-electron chi connectivity index (χ2n) is 10.9. The Labute approximate surface area is 228 Å². The summed E-state index contributed by atoms with van der Waals surface area (Å²) >= 11 is 0. The summed E-state index contributed by atoms with van der Waals surface area (Å²) in [6.07, 6.45) is 7.63. The number of nitrogens with zero attached hydrogens (tertiary/aromatic N) is 5. The van der Waals surface area contributed by atoms with Gasteiger partial charge in [-0.1, -0.05) is 18.6 Å².